The molecule has 16 heavy (non-hydrogen) atoms. The second kappa shape index (κ2) is 5.16. The van der Waals surface area contributed by atoms with E-state index in [4.69, 9.17) is 16.3 Å². The number of carbonyl (C=O) groups is 1. The number of rotatable bonds is 2. The van der Waals surface area contributed by atoms with Crippen molar-refractivity contribution in [1.82, 2.24) is 4.98 Å². The van der Waals surface area contributed by atoms with Gasteiger partial charge in [-0.15, -0.1) is 11.6 Å². The summed E-state index contributed by atoms with van der Waals surface area (Å²) >= 11 is 5.60. The molecule has 4 nitrogen and oxygen atoms in total. The van der Waals surface area contributed by atoms with E-state index in [1.165, 1.54) is 0 Å². The number of halogens is 1. The van der Waals surface area contributed by atoms with Crippen molar-refractivity contribution < 1.29 is 9.53 Å². The van der Waals surface area contributed by atoms with E-state index < -0.39 is 11.7 Å². The Morgan fingerprint density at radius 1 is 1.50 bits per heavy atom. The lowest BCUT2D eigenvalue weighted by molar-refractivity contribution is 0.0636. The minimum Gasteiger partial charge on any atom is -0.444 e. The SMILES string of the molecule is CC(C)(C)OC(=O)Nc1ccc(CCl)nc1. The van der Waals surface area contributed by atoms with Gasteiger partial charge in [0.2, 0.25) is 0 Å². The van der Waals surface area contributed by atoms with E-state index in [1.807, 2.05) is 0 Å². The van der Waals surface area contributed by atoms with Gasteiger partial charge in [0.05, 0.1) is 23.5 Å². The van der Waals surface area contributed by atoms with Crippen molar-refractivity contribution >= 4 is 23.4 Å². The molecule has 0 aromatic carbocycles. The highest BCUT2D eigenvalue weighted by Gasteiger charge is 2.16. The minimum absolute atomic E-state index is 0.354. The van der Waals surface area contributed by atoms with Gasteiger partial charge in [0.1, 0.15) is 5.60 Å². The molecule has 0 unspecified atom stereocenters. The van der Waals surface area contributed by atoms with Gasteiger partial charge in [-0.05, 0) is 32.9 Å². The number of hydrogen-bond acceptors (Lipinski definition) is 3. The summed E-state index contributed by atoms with van der Waals surface area (Å²) in [6.45, 7) is 5.42. The highest BCUT2D eigenvalue weighted by atomic mass is 35.5. The maximum atomic E-state index is 11.4. The Balaban J connectivity index is 2.56. The van der Waals surface area contributed by atoms with Crippen LogP contribution >= 0.6 is 11.6 Å². The number of anilines is 1. The van der Waals surface area contributed by atoms with E-state index in [1.54, 1.807) is 39.1 Å². The zero-order valence-corrected chi connectivity index (χ0v) is 10.3. The highest BCUT2D eigenvalue weighted by Crippen LogP contribution is 2.11. The lowest BCUT2D eigenvalue weighted by atomic mass is 10.2. The first-order chi connectivity index (χ1) is 7.40. The van der Waals surface area contributed by atoms with Crippen molar-refractivity contribution in [3.8, 4) is 0 Å². The van der Waals surface area contributed by atoms with Gasteiger partial charge in [0, 0.05) is 0 Å². The third kappa shape index (κ3) is 4.49. The number of pyridine rings is 1. The van der Waals surface area contributed by atoms with Crippen molar-refractivity contribution in [3.63, 3.8) is 0 Å². The molecule has 0 saturated carbocycles. The van der Waals surface area contributed by atoms with Crippen LogP contribution in [0.5, 0.6) is 0 Å². The van der Waals surface area contributed by atoms with Crippen molar-refractivity contribution in [1.29, 1.82) is 0 Å². The van der Waals surface area contributed by atoms with E-state index >= 15 is 0 Å². The number of nitrogens with zero attached hydrogens (tertiary/aromatic N) is 1. The van der Waals surface area contributed by atoms with Crippen molar-refractivity contribution in [2.75, 3.05) is 5.32 Å². The smallest absolute Gasteiger partial charge is 0.412 e. The number of ether oxygens (including phenoxy) is 1. The number of amides is 1. The third-order valence-electron chi connectivity index (χ3n) is 1.61. The predicted octanol–water partition coefficient (Wildman–Crippen LogP) is 3.17. The normalized spacial score (nSPS) is 11.0. The van der Waals surface area contributed by atoms with E-state index in [2.05, 4.69) is 10.3 Å². The van der Waals surface area contributed by atoms with Crippen LogP contribution in [-0.4, -0.2) is 16.7 Å². The van der Waals surface area contributed by atoms with E-state index in [0.29, 0.717) is 11.6 Å². The van der Waals surface area contributed by atoms with Gasteiger partial charge in [0.15, 0.2) is 0 Å². The number of carbonyl (C=O) groups excluding carboxylic acids is 1. The molecule has 88 valence electrons. The zero-order chi connectivity index (χ0) is 12.2. The van der Waals surface area contributed by atoms with Crippen LogP contribution in [0.1, 0.15) is 26.5 Å². The van der Waals surface area contributed by atoms with Crippen LogP contribution in [0.3, 0.4) is 0 Å². The fourth-order valence-corrected chi connectivity index (χ4v) is 1.16. The summed E-state index contributed by atoms with van der Waals surface area (Å²) in [5, 5.41) is 2.58. The standard InChI is InChI=1S/C11H15ClN2O2/c1-11(2,3)16-10(15)14-9-5-4-8(6-12)13-7-9/h4-5,7H,6H2,1-3H3,(H,14,15). The van der Waals surface area contributed by atoms with Gasteiger partial charge in [-0.3, -0.25) is 10.3 Å². The monoisotopic (exact) mass is 242 g/mol. The Morgan fingerprint density at radius 3 is 2.62 bits per heavy atom. The third-order valence-corrected chi connectivity index (χ3v) is 1.88. The summed E-state index contributed by atoms with van der Waals surface area (Å²) in [4.78, 5) is 15.4. The molecule has 1 N–H and O–H groups in total. The van der Waals surface area contributed by atoms with Crippen LogP contribution in [-0.2, 0) is 10.6 Å². The van der Waals surface area contributed by atoms with Gasteiger partial charge < -0.3 is 4.74 Å². The van der Waals surface area contributed by atoms with E-state index in [9.17, 15) is 4.79 Å². The number of nitrogens with one attached hydrogen (secondary N) is 1. The summed E-state index contributed by atoms with van der Waals surface area (Å²) in [6.07, 6.45) is 1.05. The second-order valence-corrected chi connectivity index (χ2v) is 4.57. The molecular weight excluding hydrogens is 228 g/mol. The molecule has 1 amide bonds. The molecule has 1 aromatic heterocycles. The van der Waals surface area contributed by atoms with E-state index in [-0.39, 0.29) is 0 Å². The summed E-state index contributed by atoms with van der Waals surface area (Å²) in [6, 6.07) is 3.48. The van der Waals surface area contributed by atoms with Crippen molar-refractivity contribution in [3.05, 3.63) is 24.0 Å². The Hall–Kier alpha value is -1.29. The average Bonchev–Trinajstić information content (AvgIpc) is 2.16. The fourth-order valence-electron chi connectivity index (χ4n) is 0.999. The molecular formula is C11H15ClN2O2. The summed E-state index contributed by atoms with van der Waals surface area (Å²) < 4.78 is 5.09. The molecule has 1 heterocycles. The maximum absolute atomic E-state index is 11.4. The first-order valence-corrected chi connectivity index (χ1v) is 5.45. The summed E-state index contributed by atoms with van der Waals surface area (Å²) in [5.41, 5.74) is 0.840. The van der Waals surface area contributed by atoms with E-state index in [0.717, 1.165) is 5.69 Å². The molecule has 0 aliphatic rings. The minimum atomic E-state index is -0.506. The van der Waals surface area contributed by atoms with Crippen LogP contribution in [0.2, 0.25) is 0 Å². The van der Waals surface area contributed by atoms with Crippen molar-refractivity contribution in [2.24, 2.45) is 0 Å². The lowest BCUT2D eigenvalue weighted by Crippen LogP contribution is -2.27. The largest absolute Gasteiger partial charge is 0.444 e. The van der Waals surface area contributed by atoms with Crippen LogP contribution < -0.4 is 5.32 Å². The first kappa shape index (κ1) is 12.8. The van der Waals surface area contributed by atoms with Gasteiger partial charge in [-0.2, -0.15) is 0 Å². The molecule has 0 aliphatic carbocycles. The molecule has 0 bridgehead atoms. The molecule has 1 rings (SSSR count). The molecule has 1 aromatic rings. The molecule has 0 spiro atoms. The first-order valence-electron chi connectivity index (χ1n) is 4.91. The molecule has 0 aliphatic heterocycles. The quantitative estimate of drug-likeness (QED) is 0.811. The average molecular weight is 243 g/mol. The van der Waals surface area contributed by atoms with Gasteiger partial charge in [0.25, 0.3) is 0 Å². The zero-order valence-electron chi connectivity index (χ0n) is 9.58. The predicted molar refractivity (Wildman–Crippen MR) is 63.7 cm³/mol. The fraction of sp³-hybridized carbons (Fsp3) is 0.455. The van der Waals surface area contributed by atoms with Crippen molar-refractivity contribution in [2.45, 2.75) is 32.3 Å². The van der Waals surface area contributed by atoms with Gasteiger partial charge in [-0.1, -0.05) is 0 Å². The second-order valence-electron chi connectivity index (χ2n) is 4.30. The van der Waals surface area contributed by atoms with Crippen LogP contribution in [0.4, 0.5) is 10.5 Å². The molecule has 0 radical (unpaired) electrons. The summed E-state index contributed by atoms with van der Waals surface area (Å²) in [7, 11) is 0. The molecule has 5 heteroatoms. The number of aromatic nitrogens is 1. The molecule has 0 fully saturated rings. The Kier molecular flexibility index (Phi) is 4.12. The van der Waals surface area contributed by atoms with Gasteiger partial charge >= 0.3 is 6.09 Å². The Morgan fingerprint density at radius 2 is 2.19 bits per heavy atom. The number of alkyl halides is 1. The van der Waals surface area contributed by atoms with Crippen LogP contribution in [0.15, 0.2) is 18.3 Å². The Labute approximate surface area is 100.0 Å². The highest BCUT2D eigenvalue weighted by molar-refractivity contribution is 6.16. The summed E-state index contributed by atoms with van der Waals surface area (Å²) in [5.74, 6) is 0.354. The molecule has 0 saturated heterocycles. The van der Waals surface area contributed by atoms with Crippen LogP contribution in [0.25, 0.3) is 0 Å². The topological polar surface area (TPSA) is 51.2 Å². The maximum Gasteiger partial charge on any atom is 0.412 e. The van der Waals surface area contributed by atoms with Gasteiger partial charge in [-0.25, -0.2) is 4.79 Å². The lowest BCUT2D eigenvalue weighted by Gasteiger charge is -2.19. The molecule has 0 atom stereocenters. The number of hydrogen-bond donors (Lipinski definition) is 1. The van der Waals surface area contributed by atoms with Crippen LogP contribution in [0, 0.1) is 0 Å². The Bertz CT molecular complexity index is 357.